The third-order valence-corrected chi connectivity index (χ3v) is 10.9. The summed E-state index contributed by atoms with van der Waals surface area (Å²) >= 11 is 0. The largest absolute Gasteiger partial charge is 0.371 e. The third kappa shape index (κ3) is 7.08. The number of fused-ring (bicyclic) bond motifs is 3. The standard InChI is InChI=1S/C40H42FN9O4/c1-24-19-42-40(54)35-18-27-6-11-34(45-37(27)50(24)35)39(53)44-28-20-43-49(23-28)22-25-3-7-30(8-4-25)48-15-13-29(14-16-48)47(2)21-26-5-9-31(33(41)17-26)32-10-12-36(51)46-38(32)52/h3-9,11,17-18,20,23-24,29,32H,10,12-16,19,21-22H2,1-2H3,(H,42,54)(H,44,53)(H,46,51,52)/t24-,32?/m1/s1. The number of carbonyl (C=O) groups excluding carboxylic acids is 4. The predicted octanol–water partition coefficient (Wildman–Crippen LogP) is 4.60. The Labute approximate surface area is 311 Å². The van der Waals surface area contributed by atoms with Gasteiger partial charge in [0.05, 0.1) is 30.4 Å². The highest BCUT2D eigenvalue weighted by molar-refractivity contribution is 6.05. The average molecular weight is 732 g/mol. The van der Waals surface area contributed by atoms with Gasteiger partial charge >= 0.3 is 0 Å². The van der Waals surface area contributed by atoms with Gasteiger partial charge in [-0.15, -0.1) is 0 Å². The predicted molar refractivity (Wildman–Crippen MR) is 201 cm³/mol. The van der Waals surface area contributed by atoms with Crippen LogP contribution in [0.15, 0.2) is 73.1 Å². The van der Waals surface area contributed by atoms with Crippen molar-refractivity contribution in [2.45, 2.75) is 63.7 Å². The third-order valence-electron chi connectivity index (χ3n) is 10.9. The molecule has 0 spiro atoms. The SMILES string of the molecule is C[C@@H]1CNC(=O)c2cc3ccc(C(=O)Nc4cnn(Cc5ccc(N6CCC(N(C)Cc7ccc(C8CCC(=O)NC8=O)c(F)c7)CC6)cc5)c4)nc3n21. The fourth-order valence-electron chi connectivity index (χ4n) is 7.90. The van der Waals surface area contributed by atoms with Gasteiger partial charge in [-0.05, 0) is 80.8 Å². The number of imide groups is 1. The summed E-state index contributed by atoms with van der Waals surface area (Å²) in [5, 5.41) is 13.3. The summed E-state index contributed by atoms with van der Waals surface area (Å²) in [5.74, 6) is -2.27. The Bertz CT molecular complexity index is 2260. The molecule has 54 heavy (non-hydrogen) atoms. The van der Waals surface area contributed by atoms with Crippen LogP contribution < -0.4 is 20.9 Å². The first-order chi connectivity index (χ1) is 26.1. The summed E-state index contributed by atoms with van der Waals surface area (Å²) in [5.41, 5.74) is 5.41. The van der Waals surface area contributed by atoms with Crippen molar-refractivity contribution >= 4 is 46.0 Å². The van der Waals surface area contributed by atoms with E-state index < -0.39 is 17.6 Å². The molecule has 0 aliphatic carbocycles. The van der Waals surface area contributed by atoms with E-state index in [-0.39, 0.29) is 35.9 Å². The number of nitrogens with zero attached hydrogens (tertiary/aromatic N) is 6. The van der Waals surface area contributed by atoms with Crippen molar-refractivity contribution in [1.82, 2.24) is 34.9 Å². The normalized spacial score (nSPS) is 19.2. The van der Waals surface area contributed by atoms with E-state index >= 15 is 4.39 Å². The van der Waals surface area contributed by atoms with Gasteiger partial charge in [0.15, 0.2) is 0 Å². The molecule has 1 unspecified atom stereocenters. The quantitative estimate of drug-likeness (QED) is 0.187. The molecule has 2 atom stereocenters. The first-order valence-electron chi connectivity index (χ1n) is 18.4. The van der Waals surface area contributed by atoms with Crippen LogP contribution >= 0.6 is 0 Å². The second kappa shape index (κ2) is 14.5. The summed E-state index contributed by atoms with van der Waals surface area (Å²) in [4.78, 5) is 58.5. The maximum atomic E-state index is 15.1. The number of piperidine rings is 2. The number of hydrogen-bond donors (Lipinski definition) is 3. The van der Waals surface area contributed by atoms with E-state index in [1.165, 1.54) is 6.07 Å². The molecule has 5 aromatic rings. The highest BCUT2D eigenvalue weighted by Crippen LogP contribution is 2.30. The van der Waals surface area contributed by atoms with Gasteiger partial charge in [-0.2, -0.15) is 5.10 Å². The average Bonchev–Trinajstić information content (AvgIpc) is 3.78. The summed E-state index contributed by atoms with van der Waals surface area (Å²) in [6.07, 6.45) is 5.90. The van der Waals surface area contributed by atoms with Gasteiger partial charge < -0.3 is 20.1 Å². The van der Waals surface area contributed by atoms with Crippen molar-refractivity contribution in [1.29, 1.82) is 0 Å². The summed E-state index contributed by atoms with van der Waals surface area (Å²) in [6.45, 7) is 5.47. The highest BCUT2D eigenvalue weighted by atomic mass is 19.1. The van der Waals surface area contributed by atoms with Crippen LogP contribution in [0.2, 0.25) is 0 Å². The van der Waals surface area contributed by atoms with Crippen molar-refractivity contribution in [3.63, 3.8) is 0 Å². The number of benzene rings is 2. The molecule has 2 fully saturated rings. The minimum absolute atomic E-state index is 0.0276. The van der Waals surface area contributed by atoms with E-state index in [1.807, 2.05) is 23.6 Å². The molecule has 3 aliphatic rings. The lowest BCUT2D eigenvalue weighted by Gasteiger charge is -2.38. The number of pyridine rings is 1. The van der Waals surface area contributed by atoms with E-state index in [9.17, 15) is 19.2 Å². The van der Waals surface area contributed by atoms with Crippen LogP contribution in [0.1, 0.15) is 82.2 Å². The lowest BCUT2D eigenvalue weighted by Crippen LogP contribution is -2.43. The zero-order valence-corrected chi connectivity index (χ0v) is 30.2. The topological polar surface area (TPSA) is 146 Å². The number of halogens is 1. The minimum atomic E-state index is -0.633. The molecular formula is C40H42FN9O4. The van der Waals surface area contributed by atoms with Gasteiger partial charge in [0, 0.05) is 61.5 Å². The molecular weight excluding hydrogens is 689 g/mol. The Kier molecular flexibility index (Phi) is 9.44. The maximum absolute atomic E-state index is 15.1. The molecule has 0 radical (unpaired) electrons. The lowest BCUT2D eigenvalue weighted by molar-refractivity contribution is -0.134. The summed E-state index contributed by atoms with van der Waals surface area (Å²) in [6, 6.07) is 19.2. The Morgan fingerprint density at radius 3 is 2.54 bits per heavy atom. The maximum Gasteiger partial charge on any atom is 0.274 e. The van der Waals surface area contributed by atoms with Crippen LogP contribution in [-0.4, -0.2) is 80.6 Å². The van der Waals surface area contributed by atoms with Crippen LogP contribution in [0, 0.1) is 5.82 Å². The zero-order valence-electron chi connectivity index (χ0n) is 30.2. The van der Waals surface area contributed by atoms with Gasteiger partial charge in [-0.25, -0.2) is 9.37 Å². The molecule has 3 aliphatic heterocycles. The lowest BCUT2D eigenvalue weighted by atomic mass is 9.89. The van der Waals surface area contributed by atoms with Gasteiger partial charge in [-0.3, -0.25) is 34.1 Å². The number of hydrogen-bond acceptors (Lipinski definition) is 8. The molecule has 2 saturated heterocycles. The van der Waals surface area contributed by atoms with Crippen molar-refractivity contribution in [3.8, 4) is 0 Å². The molecule has 2 aromatic carbocycles. The molecule has 6 heterocycles. The zero-order chi connectivity index (χ0) is 37.5. The van der Waals surface area contributed by atoms with Crippen LogP contribution in [-0.2, 0) is 22.7 Å². The van der Waals surface area contributed by atoms with E-state index in [0.29, 0.717) is 54.7 Å². The molecule has 4 amide bonds. The number of nitrogens with one attached hydrogen (secondary N) is 3. The van der Waals surface area contributed by atoms with Gasteiger partial charge in [0.25, 0.3) is 11.8 Å². The Balaban J connectivity index is 0.822. The fraction of sp³-hybridized carbons (Fsp3) is 0.350. The number of rotatable bonds is 9. The number of carbonyl (C=O) groups is 4. The second-order valence-corrected chi connectivity index (χ2v) is 14.6. The minimum Gasteiger partial charge on any atom is -0.371 e. The molecule has 8 rings (SSSR count). The van der Waals surface area contributed by atoms with E-state index in [1.54, 1.807) is 35.3 Å². The fourth-order valence-corrected chi connectivity index (χ4v) is 7.90. The summed E-state index contributed by atoms with van der Waals surface area (Å²) < 4.78 is 18.7. The Hall–Kier alpha value is -5.89. The number of aromatic nitrogens is 4. The Morgan fingerprint density at radius 2 is 1.78 bits per heavy atom. The molecule has 3 N–H and O–H groups in total. The van der Waals surface area contributed by atoms with Crippen LogP contribution in [0.3, 0.4) is 0 Å². The van der Waals surface area contributed by atoms with E-state index in [2.05, 4.69) is 67.1 Å². The smallest absolute Gasteiger partial charge is 0.274 e. The van der Waals surface area contributed by atoms with Crippen LogP contribution in [0.25, 0.3) is 11.0 Å². The van der Waals surface area contributed by atoms with Gasteiger partial charge in [-0.1, -0.05) is 24.3 Å². The van der Waals surface area contributed by atoms with E-state index in [0.717, 1.165) is 48.1 Å². The van der Waals surface area contributed by atoms with E-state index in [4.69, 9.17) is 0 Å². The Morgan fingerprint density at radius 1 is 1.00 bits per heavy atom. The molecule has 3 aromatic heterocycles. The molecule has 14 heteroatoms. The monoisotopic (exact) mass is 731 g/mol. The molecule has 0 saturated carbocycles. The van der Waals surface area contributed by atoms with Crippen LogP contribution in [0.4, 0.5) is 15.8 Å². The first-order valence-corrected chi connectivity index (χ1v) is 18.4. The second-order valence-electron chi connectivity index (χ2n) is 14.6. The van der Waals surface area contributed by atoms with Crippen LogP contribution in [0.5, 0.6) is 0 Å². The van der Waals surface area contributed by atoms with Crippen molar-refractivity contribution in [2.75, 3.05) is 36.9 Å². The molecule has 278 valence electrons. The molecule has 13 nitrogen and oxygen atoms in total. The van der Waals surface area contributed by atoms with Crippen molar-refractivity contribution in [3.05, 3.63) is 107 Å². The first kappa shape index (κ1) is 35.2. The number of anilines is 2. The van der Waals surface area contributed by atoms with Crippen molar-refractivity contribution in [2.24, 2.45) is 0 Å². The van der Waals surface area contributed by atoms with Gasteiger partial charge in [0.2, 0.25) is 11.8 Å². The number of amides is 4. The molecule has 0 bridgehead atoms. The summed E-state index contributed by atoms with van der Waals surface area (Å²) in [7, 11) is 2.07. The van der Waals surface area contributed by atoms with Crippen molar-refractivity contribution < 1.29 is 23.6 Å². The van der Waals surface area contributed by atoms with Gasteiger partial charge in [0.1, 0.15) is 22.9 Å². The highest BCUT2D eigenvalue weighted by Gasteiger charge is 2.31.